The van der Waals surface area contributed by atoms with Crippen LogP contribution in [0, 0.1) is 0 Å². The summed E-state index contributed by atoms with van der Waals surface area (Å²) in [5.41, 5.74) is 8.91. The highest BCUT2D eigenvalue weighted by molar-refractivity contribution is 5.31. The van der Waals surface area contributed by atoms with Gasteiger partial charge in [-0.3, -0.25) is 0 Å². The van der Waals surface area contributed by atoms with Gasteiger partial charge in [0, 0.05) is 5.70 Å². The molecule has 1 spiro atoms. The SMILES string of the molecule is COc1ccc(CN(N)C2=C(N)CCCC23CO3)cc1. The lowest BCUT2D eigenvalue weighted by atomic mass is 9.90. The Labute approximate surface area is 119 Å². The first kappa shape index (κ1) is 13.3. The third-order valence-electron chi connectivity index (χ3n) is 4.05. The fourth-order valence-electron chi connectivity index (χ4n) is 2.91. The molecule has 1 aliphatic carbocycles. The van der Waals surface area contributed by atoms with Gasteiger partial charge in [-0.05, 0) is 37.0 Å². The highest BCUT2D eigenvalue weighted by atomic mass is 16.6. The fourth-order valence-corrected chi connectivity index (χ4v) is 2.91. The van der Waals surface area contributed by atoms with Gasteiger partial charge in [0.05, 0.1) is 26.0 Å². The van der Waals surface area contributed by atoms with Gasteiger partial charge in [0.2, 0.25) is 0 Å². The molecule has 5 heteroatoms. The van der Waals surface area contributed by atoms with Gasteiger partial charge < -0.3 is 20.2 Å². The van der Waals surface area contributed by atoms with Crippen LogP contribution < -0.4 is 16.3 Å². The number of nitrogens with zero attached hydrogens (tertiary/aromatic N) is 1. The Morgan fingerprint density at radius 2 is 2.05 bits per heavy atom. The fraction of sp³-hybridized carbons (Fsp3) is 0.467. The number of nitrogens with two attached hydrogens (primary N) is 2. The smallest absolute Gasteiger partial charge is 0.134 e. The van der Waals surface area contributed by atoms with Crippen molar-refractivity contribution in [2.75, 3.05) is 13.7 Å². The van der Waals surface area contributed by atoms with E-state index in [0.717, 1.165) is 48.6 Å². The van der Waals surface area contributed by atoms with Crippen molar-refractivity contribution >= 4 is 0 Å². The van der Waals surface area contributed by atoms with Crippen molar-refractivity contribution in [2.45, 2.75) is 31.4 Å². The molecular weight excluding hydrogens is 254 g/mol. The molecule has 0 bridgehead atoms. The highest BCUT2D eigenvalue weighted by Crippen LogP contribution is 2.45. The minimum atomic E-state index is -0.205. The third-order valence-corrected chi connectivity index (χ3v) is 4.05. The molecule has 5 nitrogen and oxygen atoms in total. The first-order valence-corrected chi connectivity index (χ1v) is 6.93. The second-order valence-corrected chi connectivity index (χ2v) is 5.49. The van der Waals surface area contributed by atoms with Gasteiger partial charge >= 0.3 is 0 Å². The average Bonchev–Trinajstić information content (AvgIpc) is 3.19. The third kappa shape index (κ3) is 2.34. The van der Waals surface area contributed by atoms with Crippen molar-refractivity contribution in [1.29, 1.82) is 0 Å². The van der Waals surface area contributed by atoms with Crippen molar-refractivity contribution < 1.29 is 9.47 Å². The van der Waals surface area contributed by atoms with E-state index in [0.29, 0.717) is 6.54 Å². The maximum absolute atomic E-state index is 6.24. The summed E-state index contributed by atoms with van der Waals surface area (Å²) < 4.78 is 10.8. The predicted octanol–water partition coefficient (Wildman–Crippen LogP) is 1.49. The molecule has 0 radical (unpaired) electrons. The van der Waals surface area contributed by atoms with E-state index >= 15 is 0 Å². The second-order valence-electron chi connectivity index (χ2n) is 5.49. The van der Waals surface area contributed by atoms with E-state index in [2.05, 4.69) is 0 Å². The van der Waals surface area contributed by atoms with E-state index in [1.165, 1.54) is 0 Å². The summed E-state index contributed by atoms with van der Waals surface area (Å²) in [6, 6.07) is 7.90. The first-order chi connectivity index (χ1) is 9.64. The molecule has 1 aromatic rings. The van der Waals surface area contributed by atoms with Crippen LogP contribution in [0.4, 0.5) is 0 Å². The molecule has 1 aliphatic heterocycles. The minimum Gasteiger partial charge on any atom is -0.497 e. The van der Waals surface area contributed by atoms with Crippen LogP contribution >= 0.6 is 0 Å². The Morgan fingerprint density at radius 1 is 1.35 bits per heavy atom. The van der Waals surface area contributed by atoms with Gasteiger partial charge in [-0.1, -0.05) is 12.1 Å². The summed E-state index contributed by atoms with van der Waals surface area (Å²) in [7, 11) is 1.66. The first-order valence-electron chi connectivity index (χ1n) is 6.93. The number of ether oxygens (including phenoxy) is 2. The van der Waals surface area contributed by atoms with E-state index in [1.54, 1.807) is 12.1 Å². The van der Waals surface area contributed by atoms with Gasteiger partial charge in [0.15, 0.2) is 0 Å². The normalized spacial score (nSPS) is 24.9. The summed E-state index contributed by atoms with van der Waals surface area (Å²) in [4.78, 5) is 0. The van der Waals surface area contributed by atoms with Crippen LogP contribution in [-0.4, -0.2) is 24.3 Å². The quantitative estimate of drug-likeness (QED) is 0.494. The zero-order valence-corrected chi connectivity index (χ0v) is 11.8. The van der Waals surface area contributed by atoms with Crippen LogP contribution in [-0.2, 0) is 11.3 Å². The van der Waals surface area contributed by atoms with Gasteiger partial charge in [0.1, 0.15) is 11.4 Å². The Kier molecular flexibility index (Phi) is 3.31. The van der Waals surface area contributed by atoms with Crippen LogP contribution in [0.5, 0.6) is 5.75 Å². The molecule has 1 atom stereocenters. The van der Waals surface area contributed by atoms with E-state index in [-0.39, 0.29) is 5.60 Å². The van der Waals surface area contributed by atoms with Crippen LogP contribution in [0.25, 0.3) is 0 Å². The average molecular weight is 275 g/mol. The van der Waals surface area contributed by atoms with Gasteiger partial charge in [-0.2, -0.15) is 0 Å². The van der Waals surface area contributed by atoms with E-state index in [1.807, 2.05) is 24.3 Å². The zero-order chi connectivity index (χ0) is 14.2. The summed E-state index contributed by atoms with van der Waals surface area (Å²) in [6.45, 7) is 1.35. The monoisotopic (exact) mass is 275 g/mol. The summed E-state index contributed by atoms with van der Waals surface area (Å²) in [5.74, 6) is 7.08. The standard InChI is InChI=1S/C15H21N3O2/c1-19-12-6-4-11(5-7-12)9-18(17)14-13(16)3-2-8-15(14)10-20-15/h4-7H,2-3,8-10,16-17H2,1H3. The van der Waals surface area contributed by atoms with Gasteiger partial charge in [0.25, 0.3) is 0 Å². The van der Waals surface area contributed by atoms with Crippen LogP contribution in [0.2, 0.25) is 0 Å². The van der Waals surface area contributed by atoms with Crippen molar-refractivity contribution in [2.24, 2.45) is 11.6 Å². The molecule has 108 valence electrons. The number of methoxy groups -OCH3 is 1. The molecule has 1 fully saturated rings. The topological polar surface area (TPSA) is 77.0 Å². The number of benzene rings is 1. The Hall–Kier alpha value is -1.72. The van der Waals surface area contributed by atoms with Gasteiger partial charge in [-0.25, -0.2) is 5.84 Å². The number of rotatable bonds is 4. The molecule has 2 aliphatic rings. The van der Waals surface area contributed by atoms with Crippen LogP contribution in [0.1, 0.15) is 24.8 Å². The Morgan fingerprint density at radius 3 is 2.65 bits per heavy atom. The largest absolute Gasteiger partial charge is 0.497 e. The number of hydrogen-bond donors (Lipinski definition) is 2. The van der Waals surface area contributed by atoms with Crippen LogP contribution in [0.3, 0.4) is 0 Å². The lowest BCUT2D eigenvalue weighted by Gasteiger charge is -2.31. The Balaban J connectivity index is 1.76. The van der Waals surface area contributed by atoms with Crippen LogP contribution in [0.15, 0.2) is 35.7 Å². The molecule has 1 unspecified atom stereocenters. The zero-order valence-electron chi connectivity index (χ0n) is 11.8. The number of allylic oxidation sites excluding steroid dienone is 1. The molecule has 4 N–H and O–H groups in total. The lowest BCUT2D eigenvalue weighted by Crippen LogP contribution is -2.41. The highest BCUT2D eigenvalue weighted by Gasteiger charge is 2.52. The maximum atomic E-state index is 6.24. The summed E-state index contributed by atoms with van der Waals surface area (Å²) >= 11 is 0. The van der Waals surface area contributed by atoms with E-state index < -0.39 is 0 Å². The molecule has 20 heavy (non-hydrogen) atoms. The number of hydrogen-bond acceptors (Lipinski definition) is 5. The van der Waals surface area contributed by atoms with Crippen molar-refractivity contribution in [3.63, 3.8) is 0 Å². The molecule has 1 saturated heterocycles. The summed E-state index contributed by atoms with van der Waals surface area (Å²) in [5, 5.41) is 1.74. The van der Waals surface area contributed by atoms with Crippen molar-refractivity contribution in [3.05, 3.63) is 41.2 Å². The molecule has 0 amide bonds. The molecular formula is C15H21N3O2. The molecule has 0 aromatic heterocycles. The van der Waals surface area contributed by atoms with Gasteiger partial charge in [-0.15, -0.1) is 0 Å². The minimum absolute atomic E-state index is 0.205. The second kappa shape index (κ2) is 5.00. The molecule has 3 rings (SSSR count). The number of epoxide rings is 1. The Bertz CT molecular complexity index is 520. The molecule has 1 aromatic carbocycles. The lowest BCUT2D eigenvalue weighted by molar-refractivity contribution is 0.219. The van der Waals surface area contributed by atoms with Crippen molar-refractivity contribution in [1.82, 2.24) is 5.01 Å². The molecule has 0 saturated carbocycles. The molecule has 1 heterocycles. The van der Waals surface area contributed by atoms with Crippen molar-refractivity contribution in [3.8, 4) is 5.75 Å². The van der Waals surface area contributed by atoms with E-state index in [4.69, 9.17) is 21.1 Å². The van der Waals surface area contributed by atoms with E-state index in [9.17, 15) is 0 Å². The maximum Gasteiger partial charge on any atom is 0.134 e. The number of hydrazine groups is 1. The summed E-state index contributed by atoms with van der Waals surface area (Å²) in [6.07, 6.45) is 2.99. The predicted molar refractivity (Wildman–Crippen MR) is 76.5 cm³/mol.